The molecule has 0 amide bonds. The molecule has 0 heterocycles. The summed E-state index contributed by atoms with van der Waals surface area (Å²) in [6.07, 6.45) is 0.520. The summed E-state index contributed by atoms with van der Waals surface area (Å²) in [5.74, 6) is -0.320. The second-order valence-electron chi connectivity index (χ2n) is 5.52. The summed E-state index contributed by atoms with van der Waals surface area (Å²) in [6, 6.07) is 9.79. The van der Waals surface area contributed by atoms with Crippen molar-refractivity contribution in [2.45, 2.75) is 32.7 Å². The smallest absolute Gasteiger partial charge is 0.324 e. The molecular formula is C15H23NO2. The van der Waals surface area contributed by atoms with Crippen molar-refractivity contribution in [2.24, 2.45) is 5.92 Å². The van der Waals surface area contributed by atoms with Crippen LogP contribution in [0.1, 0.15) is 26.3 Å². The fourth-order valence-corrected chi connectivity index (χ4v) is 2.12. The highest BCUT2D eigenvalue weighted by atomic mass is 16.4. The number of carboxylic acid groups (broad SMARTS) is 1. The minimum atomic E-state index is -0.856. The summed E-state index contributed by atoms with van der Waals surface area (Å²) in [4.78, 5) is 13.5. The normalized spacial score (nSPS) is 14.8. The van der Waals surface area contributed by atoms with Crippen LogP contribution in [0.15, 0.2) is 30.3 Å². The Labute approximate surface area is 109 Å². The van der Waals surface area contributed by atoms with Gasteiger partial charge >= 0.3 is 5.97 Å². The lowest BCUT2D eigenvalue weighted by atomic mass is 9.90. The van der Waals surface area contributed by atoms with Crippen molar-refractivity contribution in [3.63, 3.8) is 0 Å². The maximum atomic E-state index is 11.6. The molecule has 18 heavy (non-hydrogen) atoms. The van der Waals surface area contributed by atoms with Crippen LogP contribution < -0.4 is 0 Å². The average Bonchev–Trinajstić information content (AvgIpc) is 2.28. The van der Waals surface area contributed by atoms with Crippen molar-refractivity contribution in [3.05, 3.63) is 35.9 Å². The lowest BCUT2D eigenvalue weighted by molar-refractivity contribution is -0.149. The third-order valence-electron chi connectivity index (χ3n) is 3.33. The van der Waals surface area contributed by atoms with Gasteiger partial charge in [0.1, 0.15) is 5.54 Å². The molecule has 1 aromatic carbocycles. The summed E-state index contributed by atoms with van der Waals surface area (Å²) >= 11 is 0. The summed E-state index contributed by atoms with van der Waals surface area (Å²) < 4.78 is 0. The molecule has 0 aliphatic heterocycles. The molecule has 0 aromatic heterocycles. The number of hydrogen-bond acceptors (Lipinski definition) is 2. The Morgan fingerprint density at radius 2 is 1.89 bits per heavy atom. The van der Waals surface area contributed by atoms with Crippen LogP contribution in [-0.4, -0.2) is 35.1 Å². The Morgan fingerprint density at radius 3 is 2.33 bits per heavy atom. The van der Waals surface area contributed by atoms with Crippen LogP contribution in [0.2, 0.25) is 0 Å². The van der Waals surface area contributed by atoms with Gasteiger partial charge in [0.2, 0.25) is 0 Å². The number of rotatable bonds is 6. The summed E-state index contributed by atoms with van der Waals surface area (Å²) in [6.45, 7) is 6.77. The lowest BCUT2D eigenvalue weighted by Gasteiger charge is -2.36. The summed E-state index contributed by atoms with van der Waals surface area (Å²) in [5, 5.41) is 9.54. The number of carboxylic acids is 1. The van der Waals surface area contributed by atoms with E-state index in [4.69, 9.17) is 0 Å². The molecule has 1 unspecified atom stereocenters. The van der Waals surface area contributed by atoms with Crippen molar-refractivity contribution in [1.82, 2.24) is 4.90 Å². The van der Waals surface area contributed by atoms with Gasteiger partial charge in [-0.05, 0) is 25.5 Å². The molecule has 3 nitrogen and oxygen atoms in total. The second kappa shape index (κ2) is 6.01. The zero-order valence-electron chi connectivity index (χ0n) is 11.7. The lowest BCUT2D eigenvalue weighted by Crippen LogP contribution is -2.53. The second-order valence-corrected chi connectivity index (χ2v) is 5.52. The predicted octanol–water partition coefficient (Wildman–Crippen LogP) is 2.66. The molecule has 0 spiro atoms. The SMILES string of the molecule is CC(C)CN(C)C(C)(Cc1ccccc1)C(=O)O. The first-order valence-electron chi connectivity index (χ1n) is 6.35. The number of aliphatic carboxylic acids is 1. The van der Waals surface area contributed by atoms with Gasteiger partial charge in [0.25, 0.3) is 0 Å². The van der Waals surface area contributed by atoms with Gasteiger partial charge in [-0.15, -0.1) is 0 Å². The van der Waals surface area contributed by atoms with Crippen molar-refractivity contribution in [3.8, 4) is 0 Å². The third-order valence-corrected chi connectivity index (χ3v) is 3.33. The summed E-state index contributed by atoms with van der Waals surface area (Å²) in [7, 11) is 1.89. The summed E-state index contributed by atoms with van der Waals surface area (Å²) in [5.41, 5.74) is 0.198. The molecule has 1 aromatic rings. The average molecular weight is 249 g/mol. The topological polar surface area (TPSA) is 40.5 Å². The van der Waals surface area contributed by atoms with Crippen LogP contribution in [0, 0.1) is 5.92 Å². The molecular weight excluding hydrogens is 226 g/mol. The van der Waals surface area contributed by atoms with Crippen LogP contribution in [0.3, 0.4) is 0 Å². The Kier molecular flexibility index (Phi) is 4.91. The maximum absolute atomic E-state index is 11.6. The zero-order valence-corrected chi connectivity index (χ0v) is 11.7. The van der Waals surface area contributed by atoms with E-state index in [0.717, 1.165) is 12.1 Å². The fourth-order valence-electron chi connectivity index (χ4n) is 2.12. The van der Waals surface area contributed by atoms with Crippen molar-refractivity contribution in [1.29, 1.82) is 0 Å². The van der Waals surface area contributed by atoms with Crippen LogP contribution in [-0.2, 0) is 11.2 Å². The van der Waals surface area contributed by atoms with E-state index in [-0.39, 0.29) is 0 Å². The van der Waals surface area contributed by atoms with E-state index in [2.05, 4.69) is 13.8 Å². The van der Waals surface area contributed by atoms with Crippen LogP contribution >= 0.6 is 0 Å². The van der Waals surface area contributed by atoms with Gasteiger partial charge in [0.05, 0.1) is 0 Å². The van der Waals surface area contributed by atoms with Crippen molar-refractivity contribution in [2.75, 3.05) is 13.6 Å². The largest absolute Gasteiger partial charge is 0.480 e. The zero-order chi connectivity index (χ0) is 13.8. The molecule has 0 radical (unpaired) electrons. The molecule has 0 aliphatic carbocycles. The standard InChI is InChI=1S/C15H23NO2/c1-12(2)11-16(4)15(3,14(17)18)10-13-8-6-5-7-9-13/h5-9,12H,10-11H2,1-4H3,(H,17,18). The minimum Gasteiger partial charge on any atom is -0.480 e. The van der Waals surface area contributed by atoms with Gasteiger partial charge in [0.15, 0.2) is 0 Å². The fraction of sp³-hybridized carbons (Fsp3) is 0.533. The van der Waals surface area contributed by atoms with Gasteiger partial charge in [-0.1, -0.05) is 44.2 Å². The van der Waals surface area contributed by atoms with Gasteiger partial charge in [0, 0.05) is 13.0 Å². The molecule has 1 N–H and O–H groups in total. The molecule has 0 saturated carbocycles. The molecule has 0 saturated heterocycles. The predicted molar refractivity (Wildman–Crippen MR) is 73.7 cm³/mol. The van der Waals surface area contributed by atoms with Gasteiger partial charge in [-0.25, -0.2) is 0 Å². The van der Waals surface area contributed by atoms with Crippen molar-refractivity contribution < 1.29 is 9.90 Å². The first kappa shape index (κ1) is 14.7. The molecule has 1 rings (SSSR count). The Morgan fingerprint density at radius 1 is 1.33 bits per heavy atom. The Bertz CT molecular complexity index is 389. The van der Waals surface area contributed by atoms with Crippen LogP contribution in [0.5, 0.6) is 0 Å². The molecule has 1 atom stereocenters. The van der Waals surface area contributed by atoms with E-state index in [1.807, 2.05) is 42.3 Å². The maximum Gasteiger partial charge on any atom is 0.324 e. The quantitative estimate of drug-likeness (QED) is 0.842. The monoisotopic (exact) mass is 249 g/mol. The molecule has 3 heteroatoms. The van der Waals surface area contributed by atoms with E-state index in [1.165, 1.54) is 0 Å². The molecule has 100 valence electrons. The number of carbonyl (C=O) groups is 1. The first-order valence-corrected chi connectivity index (χ1v) is 6.35. The van der Waals surface area contributed by atoms with Gasteiger partial charge in [-0.3, -0.25) is 9.69 Å². The van der Waals surface area contributed by atoms with Crippen LogP contribution in [0.25, 0.3) is 0 Å². The Balaban J connectivity index is 2.90. The van der Waals surface area contributed by atoms with E-state index >= 15 is 0 Å². The molecule has 0 fully saturated rings. The minimum absolute atomic E-state index is 0.449. The highest BCUT2D eigenvalue weighted by Crippen LogP contribution is 2.21. The van der Waals surface area contributed by atoms with Gasteiger partial charge in [-0.2, -0.15) is 0 Å². The van der Waals surface area contributed by atoms with E-state index in [1.54, 1.807) is 6.92 Å². The molecule has 0 bridgehead atoms. The Hall–Kier alpha value is -1.35. The van der Waals surface area contributed by atoms with Crippen LogP contribution in [0.4, 0.5) is 0 Å². The third kappa shape index (κ3) is 3.57. The molecule has 0 aliphatic rings. The highest BCUT2D eigenvalue weighted by Gasteiger charge is 2.37. The van der Waals surface area contributed by atoms with Gasteiger partial charge < -0.3 is 5.11 Å². The number of nitrogens with zero attached hydrogens (tertiary/aromatic N) is 1. The van der Waals surface area contributed by atoms with Crippen molar-refractivity contribution >= 4 is 5.97 Å². The number of benzene rings is 1. The van der Waals surface area contributed by atoms with E-state index in [0.29, 0.717) is 12.3 Å². The first-order chi connectivity index (χ1) is 8.36. The highest BCUT2D eigenvalue weighted by molar-refractivity contribution is 5.78. The van der Waals surface area contributed by atoms with E-state index in [9.17, 15) is 9.90 Å². The number of hydrogen-bond donors (Lipinski definition) is 1. The number of likely N-dealkylation sites (N-methyl/N-ethyl adjacent to an activating group) is 1. The van der Waals surface area contributed by atoms with E-state index < -0.39 is 11.5 Å².